The van der Waals surface area contributed by atoms with E-state index in [-0.39, 0.29) is 24.0 Å². The Morgan fingerprint density at radius 2 is 2.00 bits per heavy atom. The highest BCUT2D eigenvalue weighted by Crippen LogP contribution is 2.15. The van der Waals surface area contributed by atoms with Gasteiger partial charge in [0, 0.05) is 24.8 Å². The molecule has 0 bridgehead atoms. The SMILES string of the molecule is CCc1ccccc1NC(=O)CNCCNC1CS(=O)(=O)CC1O. The first-order valence-electron chi connectivity index (χ1n) is 8.11. The molecule has 1 aromatic carbocycles. The second-order valence-corrected chi connectivity index (χ2v) is 8.09. The molecule has 0 aliphatic carbocycles. The zero-order chi connectivity index (χ0) is 17.6. The lowest BCUT2D eigenvalue weighted by Gasteiger charge is -2.15. The Kier molecular flexibility index (Phi) is 6.73. The van der Waals surface area contributed by atoms with Crippen LogP contribution in [0.2, 0.25) is 0 Å². The quantitative estimate of drug-likeness (QED) is 0.470. The number of aryl methyl sites for hydroxylation is 1. The molecule has 1 amide bonds. The summed E-state index contributed by atoms with van der Waals surface area (Å²) in [7, 11) is -3.14. The van der Waals surface area contributed by atoms with Gasteiger partial charge in [0.15, 0.2) is 9.84 Å². The van der Waals surface area contributed by atoms with Crippen LogP contribution < -0.4 is 16.0 Å². The van der Waals surface area contributed by atoms with Crippen LogP contribution in [0.15, 0.2) is 24.3 Å². The van der Waals surface area contributed by atoms with Gasteiger partial charge in [0.2, 0.25) is 5.91 Å². The average Bonchev–Trinajstić information content (AvgIpc) is 2.79. The second-order valence-electron chi connectivity index (χ2n) is 5.94. The first-order valence-corrected chi connectivity index (χ1v) is 9.94. The smallest absolute Gasteiger partial charge is 0.238 e. The number of nitrogens with one attached hydrogen (secondary N) is 3. The minimum absolute atomic E-state index is 0.0392. The summed E-state index contributed by atoms with van der Waals surface area (Å²) in [6.07, 6.45) is -0.00991. The summed E-state index contributed by atoms with van der Waals surface area (Å²) in [4.78, 5) is 11.9. The fraction of sp³-hybridized carbons (Fsp3) is 0.562. The van der Waals surface area contributed by atoms with Crippen molar-refractivity contribution >= 4 is 21.4 Å². The number of anilines is 1. The molecule has 8 heteroatoms. The number of hydrogen-bond acceptors (Lipinski definition) is 6. The van der Waals surface area contributed by atoms with E-state index in [0.29, 0.717) is 13.1 Å². The van der Waals surface area contributed by atoms with Crippen LogP contribution in [0.5, 0.6) is 0 Å². The third-order valence-corrected chi connectivity index (χ3v) is 5.71. The van der Waals surface area contributed by atoms with Crippen LogP contribution in [0.4, 0.5) is 5.69 Å². The van der Waals surface area contributed by atoms with Gasteiger partial charge >= 0.3 is 0 Å². The molecule has 134 valence electrons. The van der Waals surface area contributed by atoms with Gasteiger partial charge in [-0.3, -0.25) is 4.79 Å². The van der Waals surface area contributed by atoms with E-state index < -0.39 is 22.0 Å². The molecule has 2 atom stereocenters. The van der Waals surface area contributed by atoms with Crippen LogP contribution in [-0.2, 0) is 21.1 Å². The molecule has 0 aromatic heterocycles. The fourth-order valence-corrected chi connectivity index (χ4v) is 4.49. The summed E-state index contributed by atoms with van der Waals surface area (Å²) in [5, 5.41) is 18.5. The molecule has 1 aromatic rings. The third-order valence-electron chi connectivity index (χ3n) is 3.99. The van der Waals surface area contributed by atoms with E-state index in [1.165, 1.54) is 0 Å². The maximum absolute atomic E-state index is 11.9. The monoisotopic (exact) mass is 355 g/mol. The van der Waals surface area contributed by atoms with Gasteiger partial charge in [-0.25, -0.2) is 8.42 Å². The van der Waals surface area contributed by atoms with Crippen molar-refractivity contribution in [2.45, 2.75) is 25.5 Å². The fourth-order valence-electron chi connectivity index (χ4n) is 2.72. The maximum Gasteiger partial charge on any atom is 0.238 e. The lowest BCUT2D eigenvalue weighted by Crippen LogP contribution is -2.43. The number of amides is 1. The van der Waals surface area contributed by atoms with E-state index in [1.807, 2.05) is 31.2 Å². The normalized spacial score (nSPS) is 22.4. The van der Waals surface area contributed by atoms with Gasteiger partial charge in [-0.05, 0) is 18.1 Å². The molecule has 2 unspecified atom stereocenters. The molecule has 0 radical (unpaired) electrons. The molecule has 0 saturated carbocycles. The van der Waals surface area contributed by atoms with Gasteiger partial charge < -0.3 is 21.1 Å². The standard InChI is InChI=1S/C16H25N3O4S/c1-2-12-5-3-4-6-13(12)19-16(21)9-17-7-8-18-14-10-24(22,23)11-15(14)20/h3-6,14-15,17-18,20H,2,7-11H2,1H3,(H,19,21). The molecule has 24 heavy (non-hydrogen) atoms. The largest absolute Gasteiger partial charge is 0.390 e. The molecule has 1 fully saturated rings. The van der Waals surface area contributed by atoms with Gasteiger partial charge in [-0.1, -0.05) is 25.1 Å². The Morgan fingerprint density at radius 3 is 2.67 bits per heavy atom. The molecule has 1 heterocycles. The van der Waals surface area contributed by atoms with E-state index in [4.69, 9.17) is 0 Å². The number of carbonyl (C=O) groups is 1. The molecular formula is C16H25N3O4S. The molecule has 7 nitrogen and oxygen atoms in total. The number of benzene rings is 1. The Morgan fingerprint density at radius 1 is 1.25 bits per heavy atom. The Hall–Kier alpha value is -1.48. The van der Waals surface area contributed by atoms with Crippen molar-refractivity contribution < 1.29 is 18.3 Å². The molecule has 1 aliphatic rings. The number of aliphatic hydroxyl groups is 1. The third kappa shape index (κ3) is 5.55. The Bertz CT molecular complexity index is 663. The zero-order valence-electron chi connectivity index (χ0n) is 13.8. The molecule has 0 spiro atoms. The van der Waals surface area contributed by atoms with Crippen molar-refractivity contribution in [2.24, 2.45) is 0 Å². The van der Waals surface area contributed by atoms with Crippen molar-refractivity contribution in [2.75, 3.05) is 36.5 Å². The predicted molar refractivity (Wildman–Crippen MR) is 93.8 cm³/mol. The number of hydrogen-bond donors (Lipinski definition) is 4. The van der Waals surface area contributed by atoms with Crippen LogP contribution in [0.25, 0.3) is 0 Å². The summed E-state index contributed by atoms with van der Waals surface area (Å²) in [6.45, 7) is 3.19. The van der Waals surface area contributed by atoms with Gasteiger partial charge in [0.05, 0.1) is 24.2 Å². The summed E-state index contributed by atoms with van der Waals surface area (Å²) in [6, 6.07) is 7.25. The van der Waals surface area contributed by atoms with Crippen LogP contribution in [0, 0.1) is 0 Å². The topological polar surface area (TPSA) is 108 Å². The lowest BCUT2D eigenvalue weighted by atomic mass is 10.1. The minimum Gasteiger partial charge on any atom is -0.390 e. The summed E-state index contributed by atoms with van der Waals surface area (Å²) >= 11 is 0. The van der Waals surface area contributed by atoms with E-state index in [1.54, 1.807) is 0 Å². The summed E-state index contributed by atoms with van der Waals surface area (Å²) in [5.74, 6) is -0.348. The van der Waals surface area contributed by atoms with Gasteiger partial charge in [0.1, 0.15) is 0 Å². The van der Waals surface area contributed by atoms with Crippen molar-refractivity contribution in [3.63, 3.8) is 0 Å². The predicted octanol–water partition coefficient (Wildman–Crippen LogP) is -0.475. The van der Waals surface area contributed by atoms with E-state index >= 15 is 0 Å². The van der Waals surface area contributed by atoms with Crippen molar-refractivity contribution in [3.05, 3.63) is 29.8 Å². The first kappa shape index (κ1) is 18.9. The van der Waals surface area contributed by atoms with Crippen LogP contribution in [-0.4, -0.2) is 62.7 Å². The van der Waals surface area contributed by atoms with Gasteiger partial charge in [-0.2, -0.15) is 0 Å². The number of aliphatic hydroxyl groups excluding tert-OH is 1. The van der Waals surface area contributed by atoms with Crippen molar-refractivity contribution in [1.82, 2.24) is 10.6 Å². The van der Waals surface area contributed by atoms with E-state index in [2.05, 4.69) is 16.0 Å². The van der Waals surface area contributed by atoms with Crippen molar-refractivity contribution in [3.8, 4) is 0 Å². The van der Waals surface area contributed by atoms with E-state index in [9.17, 15) is 18.3 Å². The minimum atomic E-state index is -3.14. The zero-order valence-corrected chi connectivity index (χ0v) is 14.6. The summed E-state index contributed by atoms with van der Waals surface area (Å²) < 4.78 is 22.8. The molecular weight excluding hydrogens is 330 g/mol. The Balaban J connectivity index is 1.65. The van der Waals surface area contributed by atoms with Crippen molar-refractivity contribution in [1.29, 1.82) is 0 Å². The average molecular weight is 355 g/mol. The number of rotatable bonds is 8. The highest BCUT2D eigenvalue weighted by molar-refractivity contribution is 7.91. The van der Waals surface area contributed by atoms with E-state index in [0.717, 1.165) is 17.7 Å². The highest BCUT2D eigenvalue weighted by atomic mass is 32.2. The van der Waals surface area contributed by atoms with Crippen LogP contribution in [0.1, 0.15) is 12.5 Å². The molecule has 2 rings (SSSR count). The first-order chi connectivity index (χ1) is 11.4. The highest BCUT2D eigenvalue weighted by Gasteiger charge is 2.35. The Labute approximate surface area is 142 Å². The lowest BCUT2D eigenvalue weighted by molar-refractivity contribution is -0.115. The number of sulfone groups is 1. The van der Waals surface area contributed by atoms with Gasteiger partial charge in [0.25, 0.3) is 0 Å². The van der Waals surface area contributed by atoms with Gasteiger partial charge in [-0.15, -0.1) is 0 Å². The molecule has 1 aliphatic heterocycles. The van der Waals surface area contributed by atoms with Crippen LogP contribution >= 0.6 is 0 Å². The maximum atomic E-state index is 11.9. The van der Waals surface area contributed by atoms with Crippen LogP contribution in [0.3, 0.4) is 0 Å². The number of para-hydroxylation sites is 1. The summed E-state index contributed by atoms with van der Waals surface area (Å²) in [5.41, 5.74) is 1.91. The number of carbonyl (C=O) groups excluding carboxylic acids is 1. The second kappa shape index (κ2) is 8.57. The molecule has 1 saturated heterocycles. The molecule has 4 N–H and O–H groups in total.